The van der Waals surface area contributed by atoms with Gasteiger partial charge in [-0.15, -0.1) is 11.3 Å². The van der Waals surface area contributed by atoms with Gasteiger partial charge in [-0.2, -0.15) is 0 Å². The molecule has 0 saturated carbocycles. The van der Waals surface area contributed by atoms with Crippen molar-refractivity contribution >= 4 is 22.4 Å². The summed E-state index contributed by atoms with van der Waals surface area (Å²) in [6, 6.07) is 0. The first-order valence-electron chi connectivity index (χ1n) is 6.43. The molecule has 2 heterocycles. The third-order valence-electron chi connectivity index (χ3n) is 3.11. The first-order valence-corrected chi connectivity index (χ1v) is 7.25. The van der Waals surface area contributed by atoms with Gasteiger partial charge in [0.25, 0.3) is 0 Å². The van der Waals surface area contributed by atoms with E-state index in [2.05, 4.69) is 22.1 Å². The molecule has 0 radical (unpaired) electrons. The third kappa shape index (κ3) is 3.28. The third-order valence-corrected chi connectivity index (χ3v) is 4.11. The van der Waals surface area contributed by atoms with Crippen LogP contribution in [0.25, 0.3) is 0 Å². The molecule has 18 heavy (non-hydrogen) atoms. The number of thiazole rings is 1. The van der Waals surface area contributed by atoms with Crippen LogP contribution in [0.5, 0.6) is 0 Å². The van der Waals surface area contributed by atoms with E-state index >= 15 is 0 Å². The number of nitrogens with zero attached hydrogens (tertiary/aromatic N) is 2. The number of carbonyl (C=O) groups excluding carboxylic acids is 1. The average molecular weight is 268 g/mol. The molecular weight excluding hydrogens is 248 g/mol. The molecule has 0 aromatic carbocycles. The highest BCUT2D eigenvalue weighted by Gasteiger charge is 2.20. The lowest BCUT2D eigenvalue weighted by Gasteiger charge is -2.23. The summed E-state index contributed by atoms with van der Waals surface area (Å²) in [5, 5.41) is 3.60. The molecule has 0 fully saturated rings. The zero-order valence-electron chi connectivity index (χ0n) is 10.7. The first kappa shape index (κ1) is 13.5. The number of anilines is 1. The van der Waals surface area contributed by atoms with Gasteiger partial charge in [0.1, 0.15) is 0 Å². The van der Waals surface area contributed by atoms with Crippen LogP contribution in [-0.4, -0.2) is 35.4 Å². The number of carbonyl (C=O) groups is 1. The van der Waals surface area contributed by atoms with Gasteiger partial charge in [-0.1, -0.05) is 6.92 Å². The van der Waals surface area contributed by atoms with Crippen molar-refractivity contribution < 1.29 is 4.79 Å². The lowest BCUT2D eigenvalue weighted by molar-refractivity contribution is -0.116. The standard InChI is InChI=1S/C12H20N4OS/c1-2-16-7-5-9-10(8-16)18-12(14-9)15-11(17)4-3-6-13/h2-8,13H2,1H3,(H,14,15,17). The molecule has 0 spiro atoms. The quantitative estimate of drug-likeness (QED) is 0.841. The van der Waals surface area contributed by atoms with Gasteiger partial charge in [0, 0.05) is 30.8 Å². The van der Waals surface area contributed by atoms with Crippen LogP contribution in [-0.2, 0) is 17.8 Å². The number of aromatic nitrogens is 1. The van der Waals surface area contributed by atoms with Gasteiger partial charge in [0.2, 0.25) is 5.91 Å². The number of nitrogens with one attached hydrogen (secondary N) is 1. The Bertz CT molecular complexity index is 418. The first-order chi connectivity index (χ1) is 8.72. The summed E-state index contributed by atoms with van der Waals surface area (Å²) in [6.45, 7) is 5.81. The normalized spacial score (nSPS) is 15.4. The Morgan fingerprint density at radius 1 is 1.61 bits per heavy atom. The molecule has 100 valence electrons. The second-order valence-electron chi connectivity index (χ2n) is 4.45. The van der Waals surface area contributed by atoms with Crippen molar-refractivity contribution in [1.82, 2.24) is 9.88 Å². The molecule has 0 saturated heterocycles. The monoisotopic (exact) mass is 268 g/mol. The van der Waals surface area contributed by atoms with Crippen molar-refractivity contribution in [3.8, 4) is 0 Å². The van der Waals surface area contributed by atoms with E-state index in [4.69, 9.17) is 5.73 Å². The van der Waals surface area contributed by atoms with Crippen LogP contribution >= 0.6 is 11.3 Å². The molecule has 0 bridgehead atoms. The smallest absolute Gasteiger partial charge is 0.226 e. The van der Waals surface area contributed by atoms with Crippen molar-refractivity contribution in [2.24, 2.45) is 5.73 Å². The van der Waals surface area contributed by atoms with Gasteiger partial charge in [0.15, 0.2) is 5.13 Å². The van der Waals surface area contributed by atoms with Crippen molar-refractivity contribution in [2.75, 3.05) is 25.0 Å². The summed E-state index contributed by atoms with van der Waals surface area (Å²) in [7, 11) is 0. The van der Waals surface area contributed by atoms with Crippen LogP contribution in [0.2, 0.25) is 0 Å². The van der Waals surface area contributed by atoms with E-state index in [1.165, 1.54) is 4.88 Å². The fourth-order valence-corrected chi connectivity index (χ4v) is 3.08. The Balaban J connectivity index is 1.95. The molecule has 1 aliphatic heterocycles. The van der Waals surface area contributed by atoms with E-state index in [9.17, 15) is 4.79 Å². The minimum absolute atomic E-state index is 0.0129. The Kier molecular flexibility index (Phi) is 4.68. The zero-order valence-corrected chi connectivity index (χ0v) is 11.6. The molecular formula is C12H20N4OS. The summed E-state index contributed by atoms with van der Waals surface area (Å²) in [4.78, 5) is 19.8. The van der Waals surface area contributed by atoms with Crippen molar-refractivity contribution in [1.29, 1.82) is 0 Å². The van der Waals surface area contributed by atoms with E-state index in [1.54, 1.807) is 11.3 Å². The zero-order chi connectivity index (χ0) is 13.0. The summed E-state index contributed by atoms with van der Waals surface area (Å²) in [6.07, 6.45) is 2.18. The molecule has 0 unspecified atom stereocenters. The fourth-order valence-electron chi connectivity index (χ4n) is 2.02. The fraction of sp³-hybridized carbons (Fsp3) is 0.667. The highest BCUT2D eigenvalue weighted by Crippen LogP contribution is 2.28. The highest BCUT2D eigenvalue weighted by atomic mass is 32.1. The minimum atomic E-state index is 0.0129. The number of rotatable bonds is 5. The van der Waals surface area contributed by atoms with E-state index in [0.29, 0.717) is 13.0 Å². The molecule has 5 nitrogen and oxygen atoms in total. The van der Waals surface area contributed by atoms with E-state index in [0.717, 1.165) is 43.3 Å². The van der Waals surface area contributed by atoms with Crippen LogP contribution < -0.4 is 11.1 Å². The number of likely N-dealkylation sites (N-methyl/N-ethyl adjacent to an activating group) is 1. The topological polar surface area (TPSA) is 71.2 Å². The summed E-state index contributed by atoms with van der Waals surface area (Å²) in [5.41, 5.74) is 6.53. The van der Waals surface area contributed by atoms with Gasteiger partial charge >= 0.3 is 0 Å². The summed E-state index contributed by atoms with van der Waals surface area (Å²) < 4.78 is 0. The summed E-state index contributed by atoms with van der Waals surface area (Å²) in [5.74, 6) is 0.0129. The van der Waals surface area contributed by atoms with E-state index in [-0.39, 0.29) is 5.91 Å². The number of hydrogen-bond donors (Lipinski definition) is 2. The van der Waals surface area contributed by atoms with Crippen molar-refractivity contribution in [2.45, 2.75) is 32.7 Å². The molecule has 2 rings (SSSR count). The Labute approximate surface area is 111 Å². The van der Waals surface area contributed by atoms with Crippen LogP contribution in [0.1, 0.15) is 30.3 Å². The van der Waals surface area contributed by atoms with Gasteiger partial charge in [-0.25, -0.2) is 4.98 Å². The molecule has 3 N–H and O–H groups in total. The predicted octanol–water partition coefficient (Wildman–Crippen LogP) is 1.20. The maximum Gasteiger partial charge on any atom is 0.226 e. The van der Waals surface area contributed by atoms with Crippen molar-refractivity contribution in [3.63, 3.8) is 0 Å². The summed E-state index contributed by atoms with van der Waals surface area (Å²) >= 11 is 1.60. The SMILES string of the molecule is CCN1CCc2nc(NC(=O)CCCN)sc2C1. The van der Waals surface area contributed by atoms with Gasteiger partial charge in [-0.3, -0.25) is 9.69 Å². The Hall–Kier alpha value is -0.980. The number of amides is 1. The minimum Gasteiger partial charge on any atom is -0.330 e. The lowest BCUT2D eigenvalue weighted by Crippen LogP contribution is -2.29. The van der Waals surface area contributed by atoms with Gasteiger partial charge < -0.3 is 11.1 Å². The largest absolute Gasteiger partial charge is 0.330 e. The average Bonchev–Trinajstić information content (AvgIpc) is 2.77. The number of nitrogens with two attached hydrogens (primary N) is 1. The maximum absolute atomic E-state index is 11.6. The molecule has 1 amide bonds. The van der Waals surface area contributed by atoms with Crippen molar-refractivity contribution in [3.05, 3.63) is 10.6 Å². The Morgan fingerprint density at radius 2 is 2.44 bits per heavy atom. The molecule has 1 aliphatic rings. The highest BCUT2D eigenvalue weighted by molar-refractivity contribution is 7.15. The van der Waals surface area contributed by atoms with Crippen LogP contribution in [0.15, 0.2) is 0 Å². The Morgan fingerprint density at radius 3 is 3.17 bits per heavy atom. The molecule has 0 aliphatic carbocycles. The predicted molar refractivity (Wildman–Crippen MR) is 73.7 cm³/mol. The van der Waals surface area contributed by atoms with Crippen LogP contribution in [0.3, 0.4) is 0 Å². The van der Waals surface area contributed by atoms with E-state index < -0.39 is 0 Å². The van der Waals surface area contributed by atoms with Gasteiger partial charge in [0.05, 0.1) is 5.69 Å². The second-order valence-corrected chi connectivity index (χ2v) is 5.53. The van der Waals surface area contributed by atoms with Crippen LogP contribution in [0, 0.1) is 0 Å². The van der Waals surface area contributed by atoms with Crippen LogP contribution in [0.4, 0.5) is 5.13 Å². The number of hydrogen-bond acceptors (Lipinski definition) is 5. The van der Waals surface area contributed by atoms with E-state index in [1.807, 2.05) is 0 Å². The van der Waals surface area contributed by atoms with Gasteiger partial charge in [-0.05, 0) is 19.5 Å². The molecule has 1 aromatic rings. The lowest BCUT2D eigenvalue weighted by atomic mass is 10.2. The molecule has 0 atom stereocenters. The second kappa shape index (κ2) is 6.26. The number of fused-ring (bicyclic) bond motifs is 1. The molecule has 1 aromatic heterocycles. The maximum atomic E-state index is 11.6. The molecule has 6 heteroatoms.